The largest absolute Gasteiger partial charge is 0.0617 e. The summed E-state index contributed by atoms with van der Waals surface area (Å²) in [5.41, 5.74) is 5.25. The van der Waals surface area contributed by atoms with Gasteiger partial charge in [0.15, 0.2) is 0 Å². The van der Waals surface area contributed by atoms with Crippen LogP contribution in [0.1, 0.15) is 11.1 Å². The van der Waals surface area contributed by atoms with Gasteiger partial charge in [0.25, 0.3) is 0 Å². The van der Waals surface area contributed by atoms with Gasteiger partial charge in [0.05, 0.1) is 0 Å². The van der Waals surface area contributed by atoms with Crippen molar-refractivity contribution in [1.82, 2.24) is 0 Å². The van der Waals surface area contributed by atoms with E-state index in [0.717, 1.165) is 8.95 Å². The summed E-state index contributed by atoms with van der Waals surface area (Å²) >= 11 is 7.32. The van der Waals surface area contributed by atoms with Crippen molar-refractivity contribution in [2.24, 2.45) is 0 Å². The molecule has 0 saturated carbocycles. The maximum absolute atomic E-state index is 3.66. The number of rotatable bonds is 1. The first kappa shape index (κ1) is 13.8. The number of fused-ring (bicyclic) bond motifs is 1. The second kappa shape index (κ2) is 5.34. The van der Waals surface area contributed by atoms with Crippen LogP contribution < -0.4 is 0 Å². The van der Waals surface area contributed by atoms with E-state index in [1.807, 2.05) is 0 Å². The lowest BCUT2D eigenvalue weighted by Crippen LogP contribution is -1.90. The first-order valence-corrected chi connectivity index (χ1v) is 8.11. The molecule has 3 aromatic carbocycles. The third-order valence-corrected chi connectivity index (χ3v) is 5.01. The fourth-order valence-corrected chi connectivity index (χ4v) is 4.18. The topological polar surface area (TPSA) is 0 Å². The van der Waals surface area contributed by atoms with E-state index in [9.17, 15) is 0 Å². The van der Waals surface area contributed by atoms with Crippen molar-refractivity contribution in [2.75, 3.05) is 0 Å². The summed E-state index contributed by atoms with van der Waals surface area (Å²) < 4.78 is 2.24. The first-order valence-electron chi connectivity index (χ1n) is 6.53. The third-order valence-electron chi connectivity index (χ3n) is 3.69. The molecule has 0 aliphatic rings. The molecule has 0 fully saturated rings. The van der Waals surface area contributed by atoms with Crippen molar-refractivity contribution in [2.45, 2.75) is 13.8 Å². The van der Waals surface area contributed by atoms with Gasteiger partial charge in [-0.15, -0.1) is 0 Å². The van der Waals surface area contributed by atoms with E-state index in [4.69, 9.17) is 0 Å². The summed E-state index contributed by atoms with van der Waals surface area (Å²) in [6.45, 7) is 4.35. The van der Waals surface area contributed by atoms with Gasteiger partial charge in [0.1, 0.15) is 0 Å². The normalized spacial score (nSPS) is 11.0. The number of benzene rings is 3. The molecular formula is C18H14Br2. The lowest BCUT2D eigenvalue weighted by molar-refractivity contribution is 1.38. The molecule has 0 heterocycles. The standard InChI is InChI=1S/C18H14Br2/c1-11-5-3-6-12(2)17(11)14-9-10-16(20)18-13(14)7-4-8-15(18)19/h3-10H,1-2H3. The molecule has 100 valence electrons. The van der Waals surface area contributed by atoms with Gasteiger partial charge in [0, 0.05) is 14.3 Å². The molecule has 0 amide bonds. The highest BCUT2D eigenvalue weighted by Crippen LogP contribution is 2.39. The van der Waals surface area contributed by atoms with Gasteiger partial charge in [-0.3, -0.25) is 0 Å². The predicted octanol–water partition coefficient (Wildman–Crippen LogP) is 6.65. The average molecular weight is 390 g/mol. The molecule has 3 rings (SSSR count). The summed E-state index contributed by atoms with van der Waals surface area (Å²) in [5.74, 6) is 0. The molecule has 0 saturated heterocycles. The van der Waals surface area contributed by atoms with Gasteiger partial charge >= 0.3 is 0 Å². The highest BCUT2D eigenvalue weighted by atomic mass is 79.9. The van der Waals surface area contributed by atoms with Crippen molar-refractivity contribution in [3.8, 4) is 11.1 Å². The fraction of sp³-hybridized carbons (Fsp3) is 0.111. The van der Waals surface area contributed by atoms with Gasteiger partial charge in [-0.2, -0.15) is 0 Å². The number of hydrogen-bond acceptors (Lipinski definition) is 0. The Labute approximate surface area is 136 Å². The maximum Gasteiger partial charge on any atom is 0.0265 e. The molecular weight excluding hydrogens is 376 g/mol. The van der Waals surface area contributed by atoms with E-state index >= 15 is 0 Å². The Morgan fingerprint density at radius 3 is 2.00 bits per heavy atom. The maximum atomic E-state index is 3.66. The van der Waals surface area contributed by atoms with E-state index in [1.165, 1.54) is 33.0 Å². The zero-order valence-electron chi connectivity index (χ0n) is 11.4. The molecule has 0 nitrogen and oxygen atoms in total. The van der Waals surface area contributed by atoms with Gasteiger partial charge < -0.3 is 0 Å². The minimum Gasteiger partial charge on any atom is -0.0617 e. The molecule has 0 aliphatic heterocycles. The quantitative estimate of drug-likeness (QED) is 0.437. The van der Waals surface area contributed by atoms with E-state index in [2.05, 4.69) is 94.2 Å². The Morgan fingerprint density at radius 1 is 0.700 bits per heavy atom. The molecule has 0 spiro atoms. The van der Waals surface area contributed by atoms with Gasteiger partial charge in [-0.25, -0.2) is 0 Å². The SMILES string of the molecule is Cc1cccc(C)c1-c1ccc(Br)c2c(Br)cccc12. The Kier molecular flexibility index (Phi) is 3.70. The van der Waals surface area contributed by atoms with Crippen LogP contribution in [0.25, 0.3) is 21.9 Å². The van der Waals surface area contributed by atoms with Gasteiger partial charge in [0.2, 0.25) is 0 Å². The highest BCUT2D eigenvalue weighted by Gasteiger charge is 2.12. The number of aryl methyl sites for hydroxylation is 2. The summed E-state index contributed by atoms with van der Waals surface area (Å²) in [6.07, 6.45) is 0. The Hall–Kier alpha value is -1.12. The molecule has 2 heteroatoms. The molecule has 0 aliphatic carbocycles. The minimum absolute atomic E-state index is 1.12. The van der Waals surface area contributed by atoms with Crippen LogP contribution in [0.15, 0.2) is 57.5 Å². The molecule has 0 unspecified atom stereocenters. The number of hydrogen-bond donors (Lipinski definition) is 0. The van der Waals surface area contributed by atoms with Crippen LogP contribution in [0.5, 0.6) is 0 Å². The Bertz CT molecular complexity index is 775. The third kappa shape index (κ3) is 2.21. The smallest absolute Gasteiger partial charge is 0.0265 e. The van der Waals surface area contributed by atoms with Gasteiger partial charge in [-0.1, -0.05) is 68.3 Å². The monoisotopic (exact) mass is 388 g/mol. The summed E-state index contributed by atoms with van der Waals surface area (Å²) in [7, 11) is 0. The zero-order chi connectivity index (χ0) is 14.3. The van der Waals surface area contributed by atoms with Crippen LogP contribution in [0.4, 0.5) is 0 Å². The fourth-order valence-electron chi connectivity index (χ4n) is 2.78. The van der Waals surface area contributed by atoms with Crippen LogP contribution in [-0.2, 0) is 0 Å². The van der Waals surface area contributed by atoms with E-state index in [0.29, 0.717) is 0 Å². The predicted molar refractivity (Wildman–Crippen MR) is 94.3 cm³/mol. The van der Waals surface area contributed by atoms with Crippen LogP contribution in [-0.4, -0.2) is 0 Å². The van der Waals surface area contributed by atoms with Crippen molar-refractivity contribution in [3.63, 3.8) is 0 Å². The second-order valence-corrected chi connectivity index (χ2v) is 6.73. The van der Waals surface area contributed by atoms with Gasteiger partial charge in [-0.05, 0) is 53.6 Å². The van der Waals surface area contributed by atoms with Crippen molar-refractivity contribution >= 4 is 42.6 Å². The van der Waals surface area contributed by atoms with Crippen molar-refractivity contribution < 1.29 is 0 Å². The lowest BCUT2D eigenvalue weighted by Gasteiger charge is -2.14. The second-order valence-electron chi connectivity index (χ2n) is 5.02. The first-order chi connectivity index (χ1) is 9.59. The number of halogens is 2. The molecule has 3 aromatic rings. The minimum atomic E-state index is 1.12. The van der Waals surface area contributed by atoms with E-state index in [-0.39, 0.29) is 0 Å². The van der Waals surface area contributed by atoms with E-state index < -0.39 is 0 Å². The highest BCUT2D eigenvalue weighted by molar-refractivity contribution is 9.11. The molecule has 0 atom stereocenters. The summed E-state index contributed by atoms with van der Waals surface area (Å²) in [5, 5.41) is 2.50. The average Bonchev–Trinajstić information content (AvgIpc) is 2.41. The molecule has 20 heavy (non-hydrogen) atoms. The van der Waals surface area contributed by atoms with E-state index in [1.54, 1.807) is 0 Å². The Balaban J connectivity index is 2.45. The Morgan fingerprint density at radius 2 is 1.30 bits per heavy atom. The van der Waals surface area contributed by atoms with Crippen LogP contribution in [0.3, 0.4) is 0 Å². The van der Waals surface area contributed by atoms with Crippen LogP contribution >= 0.6 is 31.9 Å². The van der Waals surface area contributed by atoms with Crippen LogP contribution in [0.2, 0.25) is 0 Å². The van der Waals surface area contributed by atoms with Crippen molar-refractivity contribution in [1.29, 1.82) is 0 Å². The molecule has 0 radical (unpaired) electrons. The summed E-state index contributed by atoms with van der Waals surface area (Å²) in [6, 6.07) is 17.2. The molecule has 0 bridgehead atoms. The molecule has 0 aromatic heterocycles. The van der Waals surface area contributed by atoms with Crippen LogP contribution in [0, 0.1) is 13.8 Å². The van der Waals surface area contributed by atoms with Crippen molar-refractivity contribution in [3.05, 3.63) is 68.6 Å². The lowest BCUT2D eigenvalue weighted by atomic mass is 9.92. The summed E-state index contributed by atoms with van der Waals surface area (Å²) in [4.78, 5) is 0. The molecule has 0 N–H and O–H groups in total. The zero-order valence-corrected chi connectivity index (χ0v) is 14.5.